The van der Waals surface area contributed by atoms with E-state index in [1.807, 2.05) is 55.5 Å². The Labute approximate surface area is 372 Å². The molecule has 10 nitrogen and oxygen atoms in total. The monoisotopic (exact) mass is 858 g/mol. The Balaban J connectivity index is 0.818. The SMILES string of the molecule is C=CC(=O)OCCOCCOc1ccc(C2(c3ccc(OCCOCCOC(=O)C4CC5(O)c6ccccc6C4(O)c4ccc(C)cc45)cc3)c3ccccc3-c3ccccc32)cc1. The Morgan fingerprint density at radius 3 is 1.62 bits per heavy atom. The number of aryl methyl sites for hydroxylation is 1. The van der Waals surface area contributed by atoms with Crippen LogP contribution in [-0.4, -0.2) is 75.0 Å². The smallest absolute Gasteiger partial charge is 0.330 e. The lowest BCUT2D eigenvalue weighted by atomic mass is 9.54. The summed E-state index contributed by atoms with van der Waals surface area (Å²) in [7, 11) is 0. The molecule has 0 aliphatic heterocycles. The maximum Gasteiger partial charge on any atom is 0.330 e. The number of esters is 2. The summed E-state index contributed by atoms with van der Waals surface area (Å²) in [6.07, 6.45) is 1.14. The molecule has 0 saturated carbocycles. The highest BCUT2D eigenvalue weighted by atomic mass is 16.6. The fraction of sp³-hybridized carbons (Fsp3) is 0.259. The lowest BCUT2D eigenvalue weighted by molar-refractivity contribution is -0.168. The predicted molar refractivity (Wildman–Crippen MR) is 240 cm³/mol. The van der Waals surface area contributed by atoms with Gasteiger partial charge in [-0.2, -0.15) is 0 Å². The van der Waals surface area contributed by atoms with Gasteiger partial charge in [0.05, 0.1) is 37.8 Å². The zero-order valence-corrected chi connectivity index (χ0v) is 35.7. The van der Waals surface area contributed by atoms with E-state index in [1.165, 1.54) is 22.3 Å². The molecule has 0 fully saturated rings. The van der Waals surface area contributed by atoms with E-state index in [0.29, 0.717) is 47.0 Å². The van der Waals surface area contributed by atoms with Gasteiger partial charge >= 0.3 is 11.9 Å². The molecular weight excluding hydrogens is 809 g/mol. The maximum atomic E-state index is 13.6. The zero-order chi connectivity index (χ0) is 44.3. The first-order chi connectivity index (χ1) is 31.2. The summed E-state index contributed by atoms with van der Waals surface area (Å²) in [5.41, 5.74) is 6.52. The van der Waals surface area contributed by atoms with Crippen LogP contribution in [0.1, 0.15) is 56.5 Å². The minimum absolute atomic E-state index is 0.00983. The summed E-state index contributed by atoms with van der Waals surface area (Å²) in [6.45, 7) is 7.12. The van der Waals surface area contributed by atoms with Crippen LogP contribution >= 0.6 is 0 Å². The highest BCUT2D eigenvalue weighted by Crippen LogP contribution is 2.60. The van der Waals surface area contributed by atoms with Crippen molar-refractivity contribution in [2.45, 2.75) is 30.0 Å². The second-order valence-electron chi connectivity index (χ2n) is 16.3. The zero-order valence-electron chi connectivity index (χ0n) is 35.7. The second-order valence-corrected chi connectivity index (χ2v) is 16.3. The van der Waals surface area contributed by atoms with Crippen molar-refractivity contribution in [3.8, 4) is 22.6 Å². The molecule has 0 saturated heterocycles. The fourth-order valence-corrected chi connectivity index (χ4v) is 9.92. The number of aliphatic hydroxyl groups is 2. The third-order valence-corrected chi connectivity index (χ3v) is 12.7. The summed E-state index contributed by atoms with van der Waals surface area (Å²) >= 11 is 0. The molecule has 10 heteroatoms. The maximum absolute atomic E-state index is 13.6. The molecule has 326 valence electrons. The van der Waals surface area contributed by atoms with Gasteiger partial charge in [-0.05, 0) is 86.8 Å². The average Bonchev–Trinajstić information content (AvgIpc) is 3.63. The molecule has 2 N–H and O–H groups in total. The van der Waals surface area contributed by atoms with Crippen LogP contribution in [0.15, 0.2) is 152 Å². The van der Waals surface area contributed by atoms with E-state index < -0.39 is 34.5 Å². The van der Waals surface area contributed by atoms with Gasteiger partial charge in [0.1, 0.15) is 49.1 Å². The van der Waals surface area contributed by atoms with Crippen molar-refractivity contribution >= 4 is 11.9 Å². The lowest BCUT2D eigenvalue weighted by Crippen LogP contribution is -2.57. The van der Waals surface area contributed by atoms with Crippen molar-refractivity contribution in [1.82, 2.24) is 0 Å². The number of carbonyl (C=O) groups excluding carboxylic acids is 2. The summed E-state index contributed by atoms with van der Waals surface area (Å²) < 4.78 is 34.1. The van der Waals surface area contributed by atoms with E-state index >= 15 is 0 Å². The van der Waals surface area contributed by atoms with Crippen molar-refractivity contribution in [3.05, 3.63) is 202 Å². The van der Waals surface area contributed by atoms with E-state index in [0.717, 1.165) is 22.8 Å². The molecule has 6 aromatic carbocycles. The summed E-state index contributed by atoms with van der Waals surface area (Å²) in [5, 5.41) is 24.3. The molecule has 0 spiro atoms. The molecule has 4 aliphatic rings. The number of ether oxygens (including phenoxy) is 6. The van der Waals surface area contributed by atoms with Gasteiger partial charge in [-0.1, -0.05) is 127 Å². The Kier molecular flexibility index (Phi) is 12.0. The number of hydrogen-bond donors (Lipinski definition) is 2. The molecule has 0 radical (unpaired) electrons. The van der Waals surface area contributed by atoms with Gasteiger partial charge in [-0.25, -0.2) is 4.79 Å². The molecule has 10 rings (SSSR count). The number of fused-ring (bicyclic) bond motifs is 4. The molecule has 4 aliphatic carbocycles. The highest BCUT2D eigenvalue weighted by Gasteiger charge is 2.62. The van der Waals surface area contributed by atoms with Gasteiger partial charge in [0.2, 0.25) is 0 Å². The van der Waals surface area contributed by atoms with E-state index in [4.69, 9.17) is 28.4 Å². The highest BCUT2D eigenvalue weighted by molar-refractivity contribution is 5.86. The minimum Gasteiger partial charge on any atom is -0.491 e. The molecule has 6 aromatic rings. The van der Waals surface area contributed by atoms with Crippen molar-refractivity contribution in [2.24, 2.45) is 5.92 Å². The normalized spacial score (nSPS) is 19.4. The van der Waals surface area contributed by atoms with Crippen molar-refractivity contribution in [3.63, 3.8) is 0 Å². The van der Waals surface area contributed by atoms with E-state index in [9.17, 15) is 19.8 Å². The van der Waals surface area contributed by atoms with Crippen LogP contribution in [0.4, 0.5) is 0 Å². The van der Waals surface area contributed by atoms with Gasteiger partial charge in [-0.15, -0.1) is 0 Å². The third kappa shape index (κ3) is 7.46. The first kappa shape index (κ1) is 42.7. The quantitative estimate of drug-likeness (QED) is 0.0499. The Morgan fingerprint density at radius 1 is 0.578 bits per heavy atom. The van der Waals surface area contributed by atoms with Crippen LogP contribution in [0.25, 0.3) is 11.1 Å². The molecule has 3 atom stereocenters. The third-order valence-electron chi connectivity index (χ3n) is 12.7. The first-order valence-electron chi connectivity index (χ1n) is 21.6. The van der Waals surface area contributed by atoms with Crippen molar-refractivity contribution < 1.29 is 48.2 Å². The topological polar surface area (TPSA) is 130 Å². The van der Waals surface area contributed by atoms with Crippen LogP contribution in [-0.2, 0) is 45.2 Å². The van der Waals surface area contributed by atoms with Gasteiger partial charge in [0.15, 0.2) is 0 Å². The Bertz CT molecular complexity index is 2630. The molecule has 0 amide bonds. The van der Waals surface area contributed by atoms with Gasteiger partial charge in [0, 0.05) is 12.5 Å². The number of rotatable bonds is 18. The number of carbonyl (C=O) groups is 2. The van der Waals surface area contributed by atoms with Gasteiger partial charge in [-0.3, -0.25) is 4.79 Å². The second kappa shape index (κ2) is 17.9. The molecule has 0 heterocycles. The lowest BCUT2D eigenvalue weighted by Gasteiger charge is -2.53. The van der Waals surface area contributed by atoms with Crippen LogP contribution in [0.3, 0.4) is 0 Å². The predicted octanol–water partition coefficient (Wildman–Crippen LogP) is 7.93. The van der Waals surface area contributed by atoms with Crippen LogP contribution in [0.5, 0.6) is 11.5 Å². The van der Waals surface area contributed by atoms with E-state index in [-0.39, 0.29) is 46.1 Å². The van der Waals surface area contributed by atoms with Gasteiger partial charge < -0.3 is 38.6 Å². The number of benzene rings is 6. The van der Waals surface area contributed by atoms with E-state index in [2.05, 4.69) is 79.4 Å². The Morgan fingerprint density at radius 2 is 1.06 bits per heavy atom. The summed E-state index contributed by atoms with van der Waals surface area (Å²) in [6, 6.07) is 46.3. The molecular formula is C54H50O10. The van der Waals surface area contributed by atoms with Crippen molar-refractivity contribution in [2.75, 3.05) is 52.9 Å². The van der Waals surface area contributed by atoms with Crippen LogP contribution < -0.4 is 9.47 Å². The van der Waals surface area contributed by atoms with Crippen molar-refractivity contribution in [1.29, 1.82) is 0 Å². The standard InChI is InChI=1S/C54H50O10/c1-3-50(55)63-32-28-59-26-30-61-39-21-17-37(18-22-39)53(43-12-6-4-10-41(43)42-11-5-7-13-44(42)53)38-19-23-40(24-20-38)62-31-27-60-29-33-64-51(56)49-35-52(57)45-14-8-9-15-46(45)54(49,58)47-25-16-36(2)34-48(47)52/h3-25,34,49,57-58H,1,26-33,35H2,2H3. The first-order valence-corrected chi connectivity index (χ1v) is 21.6. The van der Waals surface area contributed by atoms with Gasteiger partial charge in [0.25, 0.3) is 0 Å². The largest absolute Gasteiger partial charge is 0.491 e. The van der Waals surface area contributed by atoms with Crippen LogP contribution in [0, 0.1) is 12.8 Å². The molecule has 2 bridgehead atoms. The molecule has 64 heavy (non-hydrogen) atoms. The summed E-state index contributed by atoms with van der Waals surface area (Å²) in [5.74, 6) is -0.648. The number of hydrogen-bond acceptors (Lipinski definition) is 10. The molecule has 0 aromatic heterocycles. The minimum atomic E-state index is -1.63. The fourth-order valence-electron chi connectivity index (χ4n) is 9.92. The van der Waals surface area contributed by atoms with Crippen LogP contribution in [0.2, 0.25) is 0 Å². The average molecular weight is 859 g/mol. The van der Waals surface area contributed by atoms with E-state index in [1.54, 1.807) is 18.2 Å². The summed E-state index contributed by atoms with van der Waals surface area (Å²) in [4.78, 5) is 24.8. The molecule has 3 unspecified atom stereocenters. The Hall–Kier alpha value is -6.56.